The normalized spacial score (nSPS) is 12.0. The molecule has 4 rings (SSSR count). The molecule has 0 fully saturated rings. The van der Waals surface area contributed by atoms with E-state index in [0.29, 0.717) is 29.5 Å². The topological polar surface area (TPSA) is 151 Å². The average Bonchev–Trinajstić information content (AvgIpc) is 3.22. The van der Waals surface area contributed by atoms with Gasteiger partial charge in [-0.1, -0.05) is 23.7 Å². The van der Waals surface area contributed by atoms with Gasteiger partial charge in [0.05, 0.1) is 31.3 Å². The molecule has 0 unspecified atom stereocenters. The summed E-state index contributed by atoms with van der Waals surface area (Å²) < 4.78 is 13.2. The van der Waals surface area contributed by atoms with Gasteiger partial charge in [-0.2, -0.15) is 4.98 Å². The zero-order valence-electron chi connectivity index (χ0n) is 21.6. The van der Waals surface area contributed by atoms with E-state index in [4.69, 9.17) is 37.6 Å². The minimum Gasteiger partial charge on any atom is -0.496 e. The smallest absolute Gasteiger partial charge is 0.320 e. The summed E-state index contributed by atoms with van der Waals surface area (Å²) in [4.78, 5) is 24.1. The SMILES string of the molecule is COc1c(C)cnc(Cn2cc(CCc3ccc(OCC[C@H](N)C(=O)O)cc3)c3c(Cl)nc(N)nc32)c1C. The van der Waals surface area contributed by atoms with E-state index in [1.165, 1.54) is 0 Å². The van der Waals surface area contributed by atoms with Crippen LogP contribution in [0.4, 0.5) is 5.95 Å². The van der Waals surface area contributed by atoms with Crippen LogP contribution in [-0.2, 0) is 24.2 Å². The standard InChI is InChI=1S/C27H31ClN6O4/c1-15-12-31-21(16(2)23(15)37-3)14-34-13-18(22-24(28)32-27(30)33-25(22)34)7-4-17-5-8-19(9-6-17)38-11-10-20(29)26(35)36/h5-6,8-9,12-13,20H,4,7,10-11,14,29H2,1-3H3,(H,35,36)(H2,30,32,33)/t20-/m0/s1. The van der Waals surface area contributed by atoms with Gasteiger partial charge >= 0.3 is 5.97 Å². The molecule has 5 N–H and O–H groups in total. The van der Waals surface area contributed by atoms with Gasteiger partial charge in [-0.3, -0.25) is 9.78 Å². The number of fused-ring (bicyclic) bond motifs is 1. The van der Waals surface area contributed by atoms with Crippen LogP contribution in [0.2, 0.25) is 5.15 Å². The number of pyridine rings is 1. The number of aryl methyl sites for hydroxylation is 3. The first-order chi connectivity index (χ1) is 18.2. The lowest BCUT2D eigenvalue weighted by Gasteiger charge is -2.13. The average molecular weight is 539 g/mol. The van der Waals surface area contributed by atoms with Gasteiger partial charge < -0.3 is 30.6 Å². The number of ether oxygens (including phenoxy) is 2. The number of hydrogen-bond acceptors (Lipinski definition) is 8. The minimum absolute atomic E-state index is 0.111. The number of aromatic nitrogens is 4. The second-order valence-electron chi connectivity index (χ2n) is 9.13. The first-order valence-electron chi connectivity index (χ1n) is 12.2. The molecular formula is C27H31ClN6O4. The highest BCUT2D eigenvalue weighted by atomic mass is 35.5. The Balaban J connectivity index is 1.52. The first-order valence-corrected chi connectivity index (χ1v) is 12.6. The molecule has 3 aromatic heterocycles. The van der Waals surface area contributed by atoms with E-state index in [0.717, 1.165) is 45.5 Å². The lowest BCUT2D eigenvalue weighted by molar-refractivity contribution is -0.138. The van der Waals surface area contributed by atoms with Gasteiger partial charge in [0.1, 0.15) is 28.3 Å². The van der Waals surface area contributed by atoms with E-state index >= 15 is 0 Å². The fourth-order valence-electron chi connectivity index (χ4n) is 4.40. The maximum atomic E-state index is 10.8. The van der Waals surface area contributed by atoms with Crippen LogP contribution < -0.4 is 20.9 Å². The Morgan fingerprint density at radius 1 is 1.18 bits per heavy atom. The van der Waals surface area contributed by atoms with Gasteiger partial charge in [-0.25, -0.2) is 4.98 Å². The van der Waals surface area contributed by atoms with Crippen molar-refractivity contribution in [2.75, 3.05) is 19.5 Å². The Morgan fingerprint density at radius 3 is 2.61 bits per heavy atom. The van der Waals surface area contributed by atoms with E-state index in [1.807, 2.05) is 48.9 Å². The molecule has 3 heterocycles. The Morgan fingerprint density at radius 2 is 1.92 bits per heavy atom. The lowest BCUT2D eigenvalue weighted by Crippen LogP contribution is -2.31. The molecule has 1 atom stereocenters. The molecule has 0 aliphatic heterocycles. The number of benzene rings is 1. The largest absolute Gasteiger partial charge is 0.496 e. The number of methoxy groups -OCH3 is 1. The molecule has 0 radical (unpaired) electrons. The van der Waals surface area contributed by atoms with E-state index in [2.05, 4.69) is 15.0 Å². The van der Waals surface area contributed by atoms with E-state index in [-0.39, 0.29) is 19.0 Å². The van der Waals surface area contributed by atoms with E-state index in [1.54, 1.807) is 13.3 Å². The molecule has 0 aliphatic rings. The first kappa shape index (κ1) is 27.2. The third kappa shape index (κ3) is 5.98. The van der Waals surface area contributed by atoms with Crippen LogP contribution in [0.15, 0.2) is 36.7 Å². The highest BCUT2D eigenvalue weighted by Gasteiger charge is 2.18. The van der Waals surface area contributed by atoms with Crippen molar-refractivity contribution in [1.29, 1.82) is 0 Å². The molecule has 0 saturated carbocycles. The zero-order chi connectivity index (χ0) is 27.4. The summed E-state index contributed by atoms with van der Waals surface area (Å²) in [5, 5.41) is 9.96. The van der Waals surface area contributed by atoms with Gasteiger partial charge in [-0.15, -0.1) is 0 Å². The van der Waals surface area contributed by atoms with Gasteiger partial charge in [-0.05, 0) is 49.9 Å². The fourth-order valence-corrected chi connectivity index (χ4v) is 4.69. The van der Waals surface area contributed by atoms with Crippen LogP contribution in [0.25, 0.3) is 11.0 Å². The predicted molar refractivity (Wildman–Crippen MR) is 146 cm³/mol. The molecule has 0 amide bonds. The zero-order valence-corrected chi connectivity index (χ0v) is 22.3. The second-order valence-corrected chi connectivity index (χ2v) is 9.48. The van der Waals surface area contributed by atoms with Gasteiger partial charge in [0, 0.05) is 29.9 Å². The van der Waals surface area contributed by atoms with Crippen LogP contribution in [0.5, 0.6) is 11.5 Å². The molecule has 10 nitrogen and oxygen atoms in total. The number of nitrogens with zero attached hydrogens (tertiary/aromatic N) is 4. The molecule has 0 spiro atoms. The van der Waals surface area contributed by atoms with Crippen LogP contribution in [0.3, 0.4) is 0 Å². The number of halogens is 1. The third-order valence-electron chi connectivity index (χ3n) is 6.46. The lowest BCUT2D eigenvalue weighted by atomic mass is 10.0. The predicted octanol–water partition coefficient (Wildman–Crippen LogP) is 3.70. The molecule has 1 aromatic carbocycles. The van der Waals surface area contributed by atoms with Crippen molar-refractivity contribution in [1.82, 2.24) is 19.5 Å². The van der Waals surface area contributed by atoms with Crippen molar-refractivity contribution in [3.8, 4) is 11.5 Å². The molecule has 0 saturated heterocycles. The number of nitrogen functional groups attached to an aromatic ring is 1. The molecule has 200 valence electrons. The Bertz CT molecular complexity index is 1450. The summed E-state index contributed by atoms with van der Waals surface area (Å²) in [6.45, 7) is 4.66. The van der Waals surface area contributed by atoms with Gasteiger partial charge in [0.25, 0.3) is 0 Å². The van der Waals surface area contributed by atoms with Crippen LogP contribution in [0, 0.1) is 13.8 Å². The maximum Gasteiger partial charge on any atom is 0.320 e. The number of carbonyl (C=O) groups is 1. The number of aliphatic carboxylic acids is 1. The molecule has 0 bridgehead atoms. The molecule has 0 aliphatic carbocycles. The highest BCUT2D eigenvalue weighted by Crippen LogP contribution is 2.30. The van der Waals surface area contributed by atoms with Gasteiger partial charge in [0.2, 0.25) is 5.95 Å². The van der Waals surface area contributed by atoms with Crippen molar-refractivity contribution in [3.05, 3.63) is 69.8 Å². The second kappa shape index (κ2) is 11.7. The molecule has 38 heavy (non-hydrogen) atoms. The summed E-state index contributed by atoms with van der Waals surface area (Å²) >= 11 is 6.53. The summed E-state index contributed by atoms with van der Waals surface area (Å²) in [5.74, 6) is 0.547. The van der Waals surface area contributed by atoms with Gasteiger partial charge in [0.15, 0.2) is 0 Å². The monoisotopic (exact) mass is 538 g/mol. The number of rotatable bonds is 11. The molecule has 4 aromatic rings. The van der Waals surface area contributed by atoms with Crippen molar-refractivity contribution >= 4 is 34.6 Å². The van der Waals surface area contributed by atoms with Crippen molar-refractivity contribution in [2.45, 2.75) is 45.7 Å². The number of hydrogen-bond donors (Lipinski definition) is 3. The minimum atomic E-state index is -1.04. The van der Waals surface area contributed by atoms with E-state index in [9.17, 15) is 4.79 Å². The van der Waals surface area contributed by atoms with Crippen LogP contribution >= 0.6 is 11.6 Å². The van der Waals surface area contributed by atoms with Crippen molar-refractivity contribution in [3.63, 3.8) is 0 Å². The van der Waals surface area contributed by atoms with Crippen molar-refractivity contribution < 1.29 is 19.4 Å². The summed E-state index contributed by atoms with van der Waals surface area (Å²) in [7, 11) is 1.66. The highest BCUT2D eigenvalue weighted by molar-refractivity contribution is 6.34. The Kier molecular flexibility index (Phi) is 8.33. The van der Waals surface area contributed by atoms with Crippen LogP contribution in [0.1, 0.15) is 34.4 Å². The maximum absolute atomic E-state index is 10.8. The van der Waals surface area contributed by atoms with Crippen molar-refractivity contribution in [2.24, 2.45) is 5.73 Å². The van der Waals surface area contributed by atoms with Crippen LogP contribution in [-0.4, -0.2) is 50.4 Å². The quantitative estimate of drug-likeness (QED) is 0.243. The molecule has 11 heteroatoms. The summed E-state index contributed by atoms with van der Waals surface area (Å²) in [6, 6.07) is 6.75. The number of carboxylic acids is 1. The fraction of sp³-hybridized carbons (Fsp3) is 0.333. The number of anilines is 1. The third-order valence-corrected chi connectivity index (χ3v) is 6.73. The number of nitrogens with two attached hydrogens (primary N) is 2. The Hall–Kier alpha value is -3.89. The summed E-state index contributed by atoms with van der Waals surface area (Å²) in [6.07, 6.45) is 5.52. The number of carboxylic acid groups (broad SMARTS) is 1. The molecular weight excluding hydrogens is 508 g/mol. The van der Waals surface area contributed by atoms with E-state index < -0.39 is 12.0 Å². The Labute approximate surface area is 225 Å². The summed E-state index contributed by atoms with van der Waals surface area (Å²) in [5.41, 5.74) is 17.0.